The summed E-state index contributed by atoms with van der Waals surface area (Å²) >= 11 is 5.80. The van der Waals surface area contributed by atoms with Crippen molar-refractivity contribution in [2.45, 2.75) is 20.0 Å². The van der Waals surface area contributed by atoms with Crippen molar-refractivity contribution < 1.29 is 9.53 Å². The predicted molar refractivity (Wildman–Crippen MR) is 76.0 cm³/mol. The molecule has 0 aromatic carbocycles. The molecule has 0 amide bonds. The largest absolute Gasteiger partial charge is 0.448 e. The third-order valence-corrected chi connectivity index (χ3v) is 3.37. The van der Waals surface area contributed by atoms with E-state index >= 15 is 0 Å². The average molecular weight is 309 g/mol. The molecule has 2 N–H and O–H groups in total. The lowest BCUT2D eigenvalue weighted by Gasteiger charge is -2.16. The van der Waals surface area contributed by atoms with E-state index in [2.05, 4.69) is 15.1 Å². The van der Waals surface area contributed by atoms with E-state index in [0.29, 0.717) is 30.4 Å². The number of carbonyl (C=O) groups is 1. The highest BCUT2D eigenvalue weighted by Crippen LogP contribution is 2.30. The minimum atomic E-state index is -0.534. The van der Waals surface area contributed by atoms with Crippen molar-refractivity contribution in [3.05, 3.63) is 28.8 Å². The van der Waals surface area contributed by atoms with Gasteiger partial charge in [-0.05, 0) is 24.6 Å². The standard InChI is InChI=1S/C12H13ClN6O2/c1-2-21-12(20)19-8-6-18(5-7(8)10(14)17-19)9-3-4-15-11(13)16-9/h3-4H,2,5-6H2,1H3,(H2,14,17). The number of carbonyl (C=O) groups excluding carboxylic acids is 1. The number of nitrogens with two attached hydrogens (primary N) is 1. The first-order valence-electron chi connectivity index (χ1n) is 6.37. The molecule has 1 aliphatic heterocycles. The molecule has 110 valence electrons. The molecule has 8 nitrogen and oxygen atoms in total. The van der Waals surface area contributed by atoms with E-state index in [1.165, 1.54) is 4.68 Å². The van der Waals surface area contributed by atoms with Crippen LogP contribution in [0, 0.1) is 0 Å². The first-order valence-corrected chi connectivity index (χ1v) is 6.74. The van der Waals surface area contributed by atoms with Gasteiger partial charge in [-0.15, -0.1) is 5.10 Å². The number of halogens is 1. The molecular weight excluding hydrogens is 296 g/mol. The summed E-state index contributed by atoms with van der Waals surface area (Å²) < 4.78 is 6.17. The molecule has 0 atom stereocenters. The minimum absolute atomic E-state index is 0.170. The van der Waals surface area contributed by atoms with Gasteiger partial charge in [-0.1, -0.05) is 0 Å². The van der Waals surface area contributed by atoms with E-state index < -0.39 is 6.09 Å². The maximum atomic E-state index is 11.9. The van der Waals surface area contributed by atoms with Gasteiger partial charge in [-0.2, -0.15) is 4.68 Å². The number of hydrogen-bond acceptors (Lipinski definition) is 7. The van der Waals surface area contributed by atoms with Crippen LogP contribution in [0.15, 0.2) is 12.3 Å². The highest BCUT2D eigenvalue weighted by Gasteiger charge is 2.30. The summed E-state index contributed by atoms with van der Waals surface area (Å²) in [6, 6.07) is 1.75. The van der Waals surface area contributed by atoms with Crippen molar-refractivity contribution in [1.29, 1.82) is 0 Å². The summed E-state index contributed by atoms with van der Waals surface area (Å²) in [6.45, 7) is 2.97. The van der Waals surface area contributed by atoms with Gasteiger partial charge in [0.25, 0.3) is 0 Å². The third-order valence-electron chi connectivity index (χ3n) is 3.19. The number of nitrogen functional groups attached to an aromatic ring is 1. The molecule has 0 unspecified atom stereocenters. The zero-order chi connectivity index (χ0) is 15.0. The number of fused-ring (bicyclic) bond motifs is 1. The van der Waals surface area contributed by atoms with Crippen LogP contribution in [0.4, 0.5) is 16.4 Å². The van der Waals surface area contributed by atoms with Gasteiger partial charge in [0.1, 0.15) is 5.82 Å². The molecule has 0 aliphatic carbocycles. The van der Waals surface area contributed by atoms with Gasteiger partial charge in [-0.3, -0.25) is 0 Å². The zero-order valence-electron chi connectivity index (χ0n) is 11.3. The summed E-state index contributed by atoms with van der Waals surface area (Å²) in [5.41, 5.74) is 7.38. The number of nitrogens with zero attached hydrogens (tertiary/aromatic N) is 5. The van der Waals surface area contributed by atoms with Crippen LogP contribution in [0.5, 0.6) is 0 Å². The lowest BCUT2D eigenvalue weighted by Crippen LogP contribution is -2.22. The Labute approximate surface area is 125 Å². The molecule has 0 saturated heterocycles. The fraction of sp³-hybridized carbons (Fsp3) is 0.333. The van der Waals surface area contributed by atoms with Crippen LogP contribution in [0.1, 0.15) is 18.2 Å². The second-order valence-corrected chi connectivity index (χ2v) is 4.80. The maximum absolute atomic E-state index is 11.9. The van der Waals surface area contributed by atoms with Crippen molar-refractivity contribution in [3.8, 4) is 0 Å². The van der Waals surface area contributed by atoms with E-state index in [0.717, 1.165) is 5.56 Å². The fourth-order valence-corrected chi connectivity index (χ4v) is 2.41. The van der Waals surface area contributed by atoms with E-state index in [9.17, 15) is 4.79 Å². The molecule has 0 saturated carbocycles. The molecule has 0 spiro atoms. The highest BCUT2D eigenvalue weighted by molar-refractivity contribution is 6.28. The van der Waals surface area contributed by atoms with Gasteiger partial charge < -0.3 is 15.4 Å². The Bertz CT molecular complexity index is 701. The second-order valence-electron chi connectivity index (χ2n) is 4.46. The molecule has 9 heteroatoms. The van der Waals surface area contributed by atoms with Gasteiger partial charge in [0.15, 0.2) is 5.82 Å². The maximum Gasteiger partial charge on any atom is 0.435 e. The predicted octanol–water partition coefficient (Wildman–Crippen LogP) is 1.43. The van der Waals surface area contributed by atoms with Crippen LogP contribution in [0.2, 0.25) is 5.28 Å². The van der Waals surface area contributed by atoms with Gasteiger partial charge in [0.2, 0.25) is 5.28 Å². The van der Waals surface area contributed by atoms with Crippen LogP contribution in [0.25, 0.3) is 0 Å². The van der Waals surface area contributed by atoms with E-state index in [-0.39, 0.29) is 11.9 Å². The first kappa shape index (κ1) is 13.6. The molecule has 1 aliphatic rings. The molecule has 0 radical (unpaired) electrons. The molecule has 2 aromatic rings. The van der Waals surface area contributed by atoms with Crippen LogP contribution in [-0.2, 0) is 17.8 Å². The molecule has 3 rings (SSSR count). The molecule has 21 heavy (non-hydrogen) atoms. The molecule has 0 fully saturated rings. The SMILES string of the molecule is CCOC(=O)n1nc(N)c2c1CN(c1ccnc(Cl)n1)C2. The van der Waals surface area contributed by atoms with E-state index in [4.69, 9.17) is 22.1 Å². The molecule has 0 bridgehead atoms. The van der Waals surface area contributed by atoms with E-state index in [1.807, 2.05) is 4.90 Å². The zero-order valence-corrected chi connectivity index (χ0v) is 12.0. The lowest BCUT2D eigenvalue weighted by atomic mass is 10.3. The van der Waals surface area contributed by atoms with Crippen LogP contribution in [-0.4, -0.2) is 32.4 Å². The fourth-order valence-electron chi connectivity index (χ4n) is 2.27. The first-order chi connectivity index (χ1) is 10.1. The quantitative estimate of drug-likeness (QED) is 0.838. The van der Waals surface area contributed by atoms with Crippen molar-refractivity contribution in [2.24, 2.45) is 0 Å². The summed E-state index contributed by atoms with van der Waals surface area (Å²) in [6.07, 6.45) is 1.04. The molecule has 3 heterocycles. The Hall–Kier alpha value is -2.35. The smallest absolute Gasteiger partial charge is 0.435 e. The number of anilines is 2. The Morgan fingerprint density at radius 1 is 1.52 bits per heavy atom. The molecule has 2 aromatic heterocycles. The number of rotatable bonds is 2. The Morgan fingerprint density at radius 2 is 2.33 bits per heavy atom. The van der Waals surface area contributed by atoms with Crippen molar-refractivity contribution >= 4 is 29.3 Å². The number of hydrogen-bond donors (Lipinski definition) is 1. The van der Waals surface area contributed by atoms with Gasteiger partial charge in [0, 0.05) is 11.8 Å². The average Bonchev–Trinajstić information content (AvgIpc) is 3.00. The van der Waals surface area contributed by atoms with Crippen LogP contribution >= 0.6 is 11.6 Å². The summed E-state index contributed by atoms with van der Waals surface area (Å²) in [4.78, 5) is 21.8. The summed E-state index contributed by atoms with van der Waals surface area (Å²) in [5.74, 6) is 0.988. The highest BCUT2D eigenvalue weighted by atomic mass is 35.5. The topological polar surface area (TPSA) is 99.2 Å². The Morgan fingerprint density at radius 3 is 3.05 bits per heavy atom. The lowest BCUT2D eigenvalue weighted by molar-refractivity contribution is 0.149. The number of ether oxygens (including phenoxy) is 1. The van der Waals surface area contributed by atoms with Gasteiger partial charge >= 0.3 is 6.09 Å². The molecular formula is C12H13ClN6O2. The van der Waals surface area contributed by atoms with Gasteiger partial charge in [0.05, 0.1) is 25.4 Å². The van der Waals surface area contributed by atoms with E-state index in [1.54, 1.807) is 19.2 Å². The van der Waals surface area contributed by atoms with Gasteiger partial charge in [-0.25, -0.2) is 14.8 Å². The monoisotopic (exact) mass is 308 g/mol. The van der Waals surface area contributed by atoms with Crippen LogP contribution < -0.4 is 10.6 Å². The second kappa shape index (κ2) is 5.21. The van der Waals surface area contributed by atoms with Crippen LogP contribution in [0.3, 0.4) is 0 Å². The summed E-state index contributed by atoms with van der Waals surface area (Å²) in [5, 5.41) is 4.20. The minimum Gasteiger partial charge on any atom is -0.448 e. The third kappa shape index (κ3) is 2.38. The summed E-state index contributed by atoms with van der Waals surface area (Å²) in [7, 11) is 0. The Kier molecular flexibility index (Phi) is 3.38. The Balaban J connectivity index is 1.90. The van der Waals surface area contributed by atoms with Crippen molar-refractivity contribution in [1.82, 2.24) is 19.7 Å². The van der Waals surface area contributed by atoms with Crippen molar-refractivity contribution in [2.75, 3.05) is 17.2 Å². The number of aromatic nitrogens is 4. The normalized spacial score (nSPS) is 13.3. The van der Waals surface area contributed by atoms with Crippen molar-refractivity contribution in [3.63, 3.8) is 0 Å².